The monoisotopic (exact) mass is 189 g/mol. The Hall–Kier alpha value is -0.640. The average molecular weight is 190 g/mol. The topological polar surface area (TPSA) is 43.1 Å². The van der Waals surface area contributed by atoms with E-state index in [0.717, 1.165) is 0 Å². The van der Waals surface area contributed by atoms with Crippen molar-refractivity contribution in [1.82, 2.24) is 5.16 Å². The Morgan fingerprint density at radius 3 is 2.67 bits per heavy atom. The Balaban J connectivity index is 3.18. The van der Waals surface area contributed by atoms with Gasteiger partial charge in [0.15, 0.2) is 6.29 Å². The van der Waals surface area contributed by atoms with Gasteiger partial charge in [-0.05, 0) is 22.9 Å². The second-order valence-corrected chi connectivity index (χ2v) is 2.36. The fraction of sp³-hybridized carbons (Fsp3) is 0.200. The van der Waals surface area contributed by atoms with E-state index in [2.05, 4.69) is 25.6 Å². The number of rotatable bonds is 1. The lowest BCUT2D eigenvalue weighted by Gasteiger charge is -1.77. The van der Waals surface area contributed by atoms with Crippen LogP contribution in [0.25, 0.3) is 0 Å². The molecule has 0 saturated carbocycles. The number of aromatic nitrogens is 1. The van der Waals surface area contributed by atoms with E-state index in [1.807, 2.05) is 0 Å². The Morgan fingerprint density at radius 2 is 2.44 bits per heavy atom. The van der Waals surface area contributed by atoms with Crippen LogP contribution in [0.4, 0.5) is 0 Å². The van der Waals surface area contributed by atoms with Crippen molar-refractivity contribution >= 4 is 22.2 Å². The number of carbonyl (C=O) groups excluding carboxylic acids is 1. The standard InChI is InChI=1S/C5H4BrNO2/c1-3-5(6)4(2-8)9-7-3/h2H,1H3. The van der Waals surface area contributed by atoms with Crippen molar-refractivity contribution in [1.29, 1.82) is 0 Å². The molecule has 0 spiro atoms. The van der Waals surface area contributed by atoms with Gasteiger partial charge in [0.25, 0.3) is 0 Å². The molecule has 0 radical (unpaired) electrons. The van der Waals surface area contributed by atoms with Crippen molar-refractivity contribution in [2.75, 3.05) is 0 Å². The number of carbonyl (C=O) groups is 1. The third-order valence-corrected chi connectivity index (χ3v) is 1.89. The van der Waals surface area contributed by atoms with Crippen LogP contribution in [-0.4, -0.2) is 11.4 Å². The van der Waals surface area contributed by atoms with Crippen LogP contribution in [0.1, 0.15) is 16.2 Å². The molecule has 0 fully saturated rings. The maximum Gasteiger partial charge on any atom is 0.213 e. The van der Waals surface area contributed by atoms with Crippen LogP contribution in [0.2, 0.25) is 0 Å². The lowest BCUT2D eigenvalue weighted by Crippen LogP contribution is -1.73. The van der Waals surface area contributed by atoms with E-state index in [1.165, 1.54) is 0 Å². The Morgan fingerprint density at radius 1 is 1.78 bits per heavy atom. The molecule has 0 saturated heterocycles. The van der Waals surface area contributed by atoms with E-state index in [-0.39, 0.29) is 5.76 Å². The van der Waals surface area contributed by atoms with Crippen LogP contribution >= 0.6 is 15.9 Å². The summed E-state index contributed by atoms with van der Waals surface area (Å²) in [5.41, 5.74) is 0.692. The molecule has 48 valence electrons. The summed E-state index contributed by atoms with van der Waals surface area (Å²) in [6.45, 7) is 1.75. The molecule has 3 nitrogen and oxygen atoms in total. The number of nitrogens with zero attached hydrogens (tertiary/aromatic N) is 1. The highest BCUT2D eigenvalue weighted by Crippen LogP contribution is 2.17. The lowest BCUT2D eigenvalue weighted by molar-refractivity contribution is 0.109. The summed E-state index contributed by atoms with van der Waals surface area (Å²) in [4.78, 5) is 10.1. The Bertz CT molecular complexity index is 231. The third-order valence-electron chi connectivity index (χ3n) is 0.922. The summed E-state index contributed by atoms with van der Waals surface area (Å²) in [5, 5.41) is 3.53. The van der Waals surface area contributed by atoms with Gasteiger partial charge < -0.3 is 4.52 Å². The third kappa shape index (κ3) is 1.03. The molecule has 0 amide bonds. The number of halogens is 1. The zero-order valence-corrected chi connectivity index (χ0v) is 6.31. The average Bonchev–Trinajstić information content (AvgIpc) is 2.15. The largest absolute Gasteiger partial charge is 0.352 e. The second-order valence-electron chi connectivity index (χ2n) is 1.56. The number of aryl methyl sites for hydroxylation is 1. The fourth-order valence-corrected chi connectivity index (χ4v) is 0.688. The van der Waals surface area contributed by atoms with Crippen LogP contribution in [0.5, 0.6) is 0 Å². The molecule has 0 aliphatic heterocycles. The molecule has 4 heteroatoms. The van der Waals surface area contributed by atoms with Gasteiger partial charge in [0.05, 0.1) is 10.2 Å². The molecule has 1 heterocycles. The lowest BCUT2D eigenvalue weighted by atomic mass is 10.4. The molecule has 0 bridgehead atoms. The highest BCUT2D eigenvalue weighted by molar-refractivity contribution is 9.10. The zero-order chi connectivity index (χ0) is 6.85. The minimum atomic E-state index is 0.243. The molecule has 0 unspecified atom stereocenters. The van der Waals surface area contributed by atoms with Crippen molar-refractivity contribution < 1.29 is 9.32 Å². The van der Waals surface area contributed by atoms with Crippen molar-refractivity contribution in [3.05, 3.63) is 15.9 Å². The van der Waals surface area contributed by atoms with Crippen LogP contribution in [-0.2, 0) is 0 Å². The van der Waals surface area contributed by atoms with Crippen LogP contribution in [0, 0.1) is 6.92 Å². The molecule has 0 aromatic carbocycles. The first-order chi connectivity index (χ1) is 4.25. The highest BCUT2D eigenvalue weighted by Gasteiger charge is 2.06. The predicted octanol–water partition coefficient (Wildman–Crippen LogP) is 1.56. The number of aldehydes is 1. The number of hydrogen-bond donors (Lipinski definition) is 0. The molecule has 0 aliphatic carbocycles. The van der Waals surface area contributed by atoms with Crippen molar-refractivity contribution in [2.45, 2.75) is 6.92 Å². The van der Waals surface area contributed by atoms with Crippen LogP contribution in [0.3, 0.4) is 0 Å². The number of hydrogen-bond acceptors (Lipinski definition) is 3. The first kappa shape index (κ1) is 6.48. The zero-order valence-electron chi connectivity index (χ0n) is 4.72. The smallest absolute Gasteiger partial charge is 0.213 e. The molecule has 0 atom stereocenters. The van der Waals surface area contributed by atoms with Gasteiger partial charge in [0, 0.05) is 0 Å². The van der Waals surface area contributed by atoms with Gasteiger partial charge in [-0.25, -0.2) is 0 Å². The first-order valence-electron chi connectivity index (χ1n) is 2.32. The maximum absolute atomic E-state index is 10.1. The summed E-state index contributed by atoms with van der Waals surface area (Å²) in [6, 6.07) is 0. The van der Waals surface area contributed by atoms with E-state index < -0.39 is 0 Å². The normalized spacial score (nSPS) is 9.56. The van der Waals surface area contributed by atoms with Crippen molar-refractivity contribution in [3.8, 4) is 0 Å². The predicted molar refractivity (Wildman–Crippen MR) is 34.3 cm³/mol. The molecular formula is C5H4BrNO2. The molecule has 1 aromatic rings. The molecule has 0 N–H and O–H groups in total. The van der Waals surface area contributed by atoms with Crippen molar-refractivity contribution in [2.24, 2.45) is 0 Å². The van der Waals surface area contributed by atoms with Gasteiger partial charge in [0.1, 0.15) is 0 Å². The summed E-state index contributed by atoms with van der Waals surface area (Å²) >= 11 is 3.12. The summed E-state index contributed by atoms with van der Waals surface area (Å²) in [7, 11) is 0. The van der Waals surface area contributed by atoms with E-state index in [9.17, 15) is 4.79 Å². The minimum Gasteiger partial charge on any atom is -0.352 e. The van der Waals surface area contributed by atoms with Gasteiger partial charge >= 0.3 is 0 Å². The maximum atomic E-state index is 10.1. The Kier molecular flexibility index (Phi) is 1.66. The van der Waals surface area contributed by atoms with E-state index in [1.54, 1.807) is 6.92 Å². The van der Waals surface area contributed by atoms with Gasteiger partial charge in [-0.15, -0.1) is 0 Å². The first-order valence-corrected chi connectivity index (χ1v) is 3.12. The van der Waals surface area contributed by atoms with E-state index in [4.69, 9.17) is 0 Å². The van der Waals surface area contributed by atoms with E-state index in [0.29, 0.717) is 16.5 Å². The second kappa shape index (κ2) is 2.31. The molecular weight excluding hydrogens is 186 g/mol. The van der Waals surface area contributed by atoms with Crippen LogP contribution < -0.4 is 0 Å². The van der Waals surface area contributed by atoms with Gasteiger partial charge in [-0.1, -0.05) is 5.16 Å². The highest BCUT2D eigenvalue weighted by atomic mass is 79.9. The molecule has 9 heavy (non-hydrogen) atoms. The van der Waals surface area contributed by atoms with E-state index >= 15 is 0 Å². The summed E-state index contributed by atoms with van der Waals surface area (Å²) in [6.07, 6.45) is 0.615. The van der Waals surface area contributed by atoms with Crippen molar-refractivity contribution in [3.63, 3.8) is 0 Å². The summed E-state index contributed by atoms with van der Waals surface area (Å²) < 4.78 is 5.22. The van der Waals surface area contributed by atoms with Gasteiger partial charge in [-0.3, -0.25) is 4.79 Å². The fourth-order valence-electron chi connectivity index (χ4n) is 0.449. The SMILES string of the molecule is Cc1noc(C=O)c1Br. The minimum absolute atomic E-state index is 0.243. The Labute approximate surface area is 60.2 Å². The summed E-state index contributed by atoms with van der Waals surface area (Å²) in [5.74, 6) is 0.243. The molecule has 1 aromatic heterocycles. The molecule has 1 rings (SSSR count). The molecule has 0 aliphatic rings. The van der Waals surface area contributed by atoms with Crippen LogP contribution in [0.15, 0.2) is 9.00 Å². The quantitative estimate of drug-likeness (QED) is 0.631. The van der Waals surface area contributed by atoms with Gasteiger partial charge in [-0.2, -0.15) is 0 Å². The van der Waals surface area contributed by atoms with Gasteiger partial charge in [0.2, 0.25) is 5.76 Å².